The summed E-state index contributed by atoms with van der Waals surface area (Å²) in [4.78, 5) is 26.9. The van der Waals surface area contributed by atoms with Crippen LogP contribution in [0.2, 0.25) is 0 Å². The minimum Gasteiger partial charge on any atom is -0.465 e. The Morgan fingerprint density at radius 1 is 1.28 bits per heavy atom. The van der Waals surface area contributed by atoms with Crippen molar-refractivity contribution in [2.24, 2.45) is 0 Å². The Labute approximate surface area is 145 Å². The van der Waals surface area contributed by atoms with Gasteiger partial charge in [-0.05, 0) is 44.0 Å². The number of carbonyl (C=O) groups excluding carboxylic acids is 1. The number of aromatic nitrogens is 3. The van der Waals surface area contributed by atoms with Gasteiger partial charge in [-0.25, -0.2) is 14.8 Å². The van der Waals surface area contributed by atoms with Gasteiger partial charge in [0.25, 0.3) is 0 Å². The van der Waals surface area contributed by atoms with E-state index in [1.54, 1.807) is 12.1 Å². The van der Waals surface area contributed by atoms with Crippen LogP contribution in [0, 0.1) is 0 Å². The molecule has 1 N–H and O–H groups in total. The lowest BCUT2D eigenvalue weighted by Gasteiger charge is -2.24. The Hall–Kier alpha value is -2.89. The third kappa shape index (κ3) is 2.73. The second-order valence-electron chi connectivity index (χ2n) is 6.38. The number of aromatic amines is 1. The molecular formula is C19H20N4O2. The van der Waals surface area contributed by atoms with E-state index in [1.165, 1.54) is 7.11 Å². The van der Waals surface area contributed by atoms with Gasteiger partial charge in [0.1, 0.15) is 5.69 Å². The first-order chi connectivity index (χ1) is 12.2. The monoisotopic (exact) mass is 336 g/mol. The lowest BCUT2D eigenvalue weighted by atomic mass is 10.1. The fourth-order valence-corrected chi connectivity index (χ4v) is 3.40. The summed E-state index contributed by atoms with van der Waals surface area (Å²) in [5, 5.41) is 0. The molecule has 4 rings (SSSR count). The largest absolute Gasteiger partial charge is 0.465 e. The Balaban J connectivity index is 1.91. The highest BCUT2D eigenvalue weighted by Gasteiger charge is 2.26. The topological polar surface area (TPSA) is 71.1 Å². The number of benzene rings is 1. The fourth-order valence-electron chi connectivity index (χ4n) is 3.40. The van der Waals surface area contributed by atoms with E-state index in [0.29, 0.717) is 17.1 Å². The normalized spacial score (nSPS) is 17.2. The van der Waals surface area contributed by atoms with Gasteiger partial charge in [0.05, 0.1) is 23.7 Å². The van der Waals surface area contributed by atoms with Gasteiger partial charge in [0, 0.05) is 30.5 Å². The van der Waals surface area contributed by atoms with E-state index in [0.717, 1.165) is 42.0 Å². The first-order valence-electron chi connectivity index (χ1n) is 8.47. The molecule has 3 aromatic rings. The molecule has 0 aliphatic carbocycles. The van der Waals surface area contributed by atoms with Crippen molar-refractivity contribution in [1.82, 2.24) is 15.0 Å². The van der Waals surface area contributed by atoms with Crippen LogP contribution in [0.25, 0.3) is 22.3 Å². The predicted octanol–water partition coefficient (Wildman–Crippen LogP) is 3.40. The van der Waals surface area contributed by atoms with Gasteiger partial charge in [-0.2, -0.15) is 0 Å². The number of hydrogen-bond acceptors (Lipinski definition) is 5. The molecule has 1 atom stereocenters. The summed E-state index contributed by atoms with van der Waals surface area (Å²) in [5.41, 5.74) is 3.84. The van der Waals surface area contributed by atoms with Gasteiger partial charge in [0.15, 0.2) is 5.82 Å². The second kappa shape index (κ2) is 6.20. The highest BCUT2D eigenvalue weighted by Crippen LogP contribution is 2.33. The number of nitrogens with zero attached hydrogens (tertiary/aromatic N) is 3. The maximum atomic E-state index is 11.8. The fraction of sp³-hybridized carbons (Fsp3) is 0.316. The molecule has 3 heterocycles. The molecule has 6 nitrogen and oxygen atoms in total. The predicted molar refractivity (Wildman–Crippen MR) is 96.7 cm³/mol. The first kappa shape index (κ1) is 15.6. The van der Waals surface area contributed by atoms with Gasteiger partial charge < -0.3 is 14.6 Å². The van der Waals surface area contributed by atoms with Crippen molar-refractivity contribution in [3.05, 3.63) is 42.2 Å². The molecule has 0 spiro atoms. The molecule has 25 heavy (non-hydrogen) atoms. The zero-order valence-corrected chi connectivity index (χ0v) is 14.3. The molecule has 1 aliphatic heterocycles. The molecule has 1 unspecified atom stereocenters. The number of fused-ring (bicyclic) bond motifs is 1. The first-order valence-corrected chi connectivity index (χ1v) is 8.47. The molecular weight excluding hydrogens is 316 g/mol. The van der Waals surface area contributed by atoms with Crippen molar-refractivity contribution >= 4 is 22.8 Å². The number of methoxy groups -OCH3 is 1. The number of ether oxygens (including phenoxy) is 1. The van der Waals surface area contributed by atoms with Crippen LogP contribution in [-0.2, 0) is 4.74 Å². The Kier molecular flexibility index (Phi) is 3.87. The number of H-pyrrole nitrogens is 1. The minimum absolute atomic E-state index is 0.366. The number of hydrogen-bond donors (Lipinski definition) is 1. The molecule has 1 saturated heterocycles. The van der Waals surface area contributed by atoms with E-state index < -0.39 is 0 Å². The van der Waals surface area contributed by atoms with E-state index in [2.05, 4.69) is 16.8 Å². The van der Waals surface area contributed by atoms with Crippen LogP contribution in [0.1, 0.15) is 30.1 Å². The Morgan fingerprint density at radius 2 is 2.16 bits per heavy atom. The van der Waals surface area contributed by atoms with Gasteiger partial charge in [-0.3, -0.25) is 0 Å². The Bertz CT molecular complexity index is 921. The van der Waals surface area contributed by atoms with Crippen molar-refractivity contribution in [3.63, 3.8) is 0 Å². The number of carbonyl (C=O) groups is 1. The number of esters is 1. The maximum Gasteiger partial charge on any atom is 0.337 e. The summed E-state index contributed by atoms with van der Waals surface area (Å²) in [6, 6.07) is 7.72. The highest BCUT2D eigenvalue weighted by atomic mass is 16.5. The van der Waals surface area contributed by atoms with E-state index in [4.69, 9.17) is 14.7 Å². The standard InChI is InChI=1S/C19H20N4O2/c1-12-4-3-9-23(12)18-17(14-7-8-20-11-14)21-15-6-5-13(19(24)25-2)10-16(15)22-18/h5-8,10-12,20H,3-4,9H2,1-2H3. The molecule has 0 saturated carbocycles. The van der Waals surface area contributed by atoms with E-state index in [-0.39, 0.29) is 5.97 Å². The van der Waals surface area contributed by atoms with Crippen LogP contribution in [0.4, 0.5) is 5.82 Å². The smallest absolute Gasteiger partial charge is 0.337 e. The zero-order valence-electron chi connectivity index (χ0n) is 14.3. The van der Waals surface area contributed by atoms with E-state index in [9.17, 15) is 4.79 Å². The van der Waals surface area contributed by atoms with Crippen molar-refractivity contribution in [2.45, 2.75) is 25.8 Å². The molecule has 6 heteroatoms. The molecule has 0 bridgehead atoms. The third-order valence-electron chi connectivity index (χ3n) is 4.76. The van der Waals surface area contributed by atoms with Gasteiger partial charge in [-0.1, -0.05) is 0 Å². The minimum atomic E-state index is -0.366. The zero-order chi connectivity index (χ0) is 17.4. The quantitative estimate of drug-likeness (QED) is 0.742. The van der Waals surface area contributed by atoms with E-state index in [1.807, 2.05) is 24.5 Å². The SMILES string of the molecule is COC(=O)c1ccc2nc(-c3cc[nH]c3)c(N3CCCC3C)nc2c1. The van der Waals surface area contributed by atoms with Crippen LogP contribution >= 0.6 is 0 Å². The summed E-state index contributed by atoms with van der Waals surface area (Å²) in [6.07, 6.45) is 6.12. The summed E-state index contributed by atoms with van der Waals surface area (Å²) in [5.74, 6) is 0.508. The summed E-state index contributed by atoms with van der Waals surface area (Å²) < 4.78 is 4.81. The van der Waals surface area contributed by atoms with Crippen molar-refractivity contribution < 1.29 is 9.53 Å². The molecule has 0 radical (unpaired) electrons. The van der Waals surface area contributed by atoms with Crippen LogP contribution in [-0.4, -0.2) is 40.6 Å². The maximum absolute atomic E-state index is 11.8. The summed E-state index contributed by atoms with van der Waals surface area (Å²) in [6.45, 7) is 3.18. The molecule has 1 fully saturated rings. The van der Waals surface area contributed by atoms with Crippen LogP contribution in [0.15, 0.2) is 36.7 Å². The van der Waals surface area contributed by atoms with Crippen molar-refractivity contribution in [2.75, 3.05) is 18.6 Å². The molecule has 128 valence electrons. The third-order valence-corrected chi connectivity index (χ3v) is 4.76. The summed E-state index contributed by atoms with van der Waals surface area (Å²) in [7, 11) is 1.38. The van der Waals surface area contributed by atoms with Crippen LogP contribution in [0.3, 0.4) is 0 Å². The molecule has 1 aliphatic rings. The van der Waals surface area contributed by atoms with Crippen molar-refractivity contribution in [1.29, 1.82) is 0 Å². The van der Waals surface area contributed by atoms with Gasteiger partial charge in [-0.15, -0.1) is 0 Å². The summed E-state index contributed by atoms with van der Waals surface area (Å²) >= 11 is 0. The highest BCUT2D eigenvalue weighted by molar-refractivity contribution is 5.94. The van der Waals surface area contributed by atoms with Crippen molar-refractivity contribution in [3.8, 4) is 11.3 Å². The average Bonchev–Trinajstić information content (AvgIpc) is 3.31. The van der Waals surface area contributed by atoms with Gasteiger partial charge >= 0.3 is 5.97 Å². The van der Waals surface area contributed by atoms with E-state index >= 15 is 0 Å². The van der Waals surface area contributed by atoms with Crippen LogP contribution in [0.5, 0.6) is 0 Å². The number of anilines is 1. The molecule has 0 amide bonds. The van der Waals surface area contributed by atoms with Gasteiger partial charge in [0.2, 0.25) is 0 Å². The molecule has 2 aromatic heterocycles. The average molecular weight is 336 g/mol. The molecule has 1 aromatic carbocycles. The van der Waals surface area contributed by atoms with Crippen LogP contribution < -0.4 is 4.90 Å². The number of rotatable bonds is 3. The Morgan fingerprint density at radius 3 is 2.84 bits per heavy atom. The lowest BCUT2D eigenvalue weighted by Crippen LogP contribution is -2.28. The lowest BCUT2D eigenvalue weighted by molar-refractivity contribution is 0.0601. The number of nitrogens with one attached hydrogen (secondary N) is 1. The second-order valence-corrected chi connectivity index (χ2v) is 6.38.